The van der Waals surface area contributed by atoms with E-state index in [-0.39, 0.29) is 13.2 Å². The van der Waals surface area contributed by atoms with Crippen LogP contribution in [0.25, 0.3) is 0 Å². The van der Waals surface area contributed by atoms with Gasteiger partial charge in [0.2, 0.25) is 0 Å². The van der Waals surface area contributed by atoms with Gasteiger partial charge in [-0.15, -0.1) is 0 Å². The number of carbonyl (C=O) groups excluding carboxylic acids is 2. The zero-order valence-corrected chi connectivity index (χ0v) is 14.4. The Morgan fingerprint density at radius 2 is 1.73 bits per heavy atom. The summed E-state index contributed by atoms with van der Waals surface area (Å²) >= 11 is 3.29. The minimum Gasteiger partial charge on any atom is -0.464 e. The molecule has 0 aliphatic carbocycles. The Morgan fingerprint density at radius 3 is 2.36 bits per heavy atom. The van der Waals surface area contributed by atoms with Crippen LogP contribution in [0.1, 0.15) is 26.7 Å². The largest absolute Gasteiger partial charge is 0.464 e. The van der Waals surface area contributed by atoms with Crippen molar-refractivity contribution in [3.63, 3.8) is 0 Å². The van der Waals surface area contributed by atoms with Crippen LogP contribution in [0.15, 0.2) is 28.7 Å². The van der Waals surface area contributed by atoms with Gasteiger partial charge in [-0.05, 0) is 43.0 Å². The van der Waals surface area contributed by atoms with Crippen molar-refractivity contribution < 1.29 is 23.8 Å². The fourth-order valence-electron chi connectivity index (χ4n) is 1.60. The van der Waals surface area contributed by atoms with Crippen molar-refractivity contribution in [2.24, 2.45) is 5.92 Å². The van der Waals surface area contributed by atoms with Gasteiger partial charge in [0.05, 0.1) is 6.61 Å². The Balaban J connectivity index is 2.11. The van der Waals surface area contributed by atoms with E-state index < -0.39 is 11.9 Å². The van der Waals surface area contributed by atoms with E-state index in [0.29, 0.717) is 18.3 Å². The first kappa shape index (κ1) is 18.6. The van der Waals surface area contributed by atoms with E-state index in [1.54, 1.807) is 24.3 Å². The number of halogens is 1. The summed E-state index contributed by atoms with van der Waals surface area (Å²) in [7, 11) is 0. The predicted molar refractivity (Wildman–Crippen MR) is 85.6 cm³/mol. The molecule has 1 aromatic rings. The number of hydrogen-bond donors (Lipinski definition) is 0. The summed E-state index contributed by atoms with van der Waals surface area (Å²) in [6, 6.07) is 6.84. The van der Waals surface area contributed by atoms with Crippen molar-refractivity contribution in [1.82, 2.24) is 0 Å². The highest BCUT2D eigenvalue weighted by Crippen LogP contribution is 2.16. The first-order valence-corrected chi connectivity index (χ1v) is 7.96. The molecule has 1 aromatic carbocycles. The van der Waals surface area contributed by atoms with Crippen LogP contribution in [-0.4, -0.2) is 31.8 Å². The highest BCUT2D eigenvalue weighted by molar-refractivity contribution is 9.10. The summed E-state index contributed by atoms with van der Waals surface area (Å²) in [6.07, 6.45) is 1.84. The average Bonchev–Trinajstić information content (AvgIpc) is 2.46. The van der Waals surface area contributed by atoms with Gasteiger partial charge in [-0.2, -0.15) is 0 Å². The summed E-state index contributed by atoms with van der Waals surface area (Å²) in [6.45, 7) is 4.06. The summed E-state index contributed by atoms with van der Waals surface area (Å²) < 4.78 is 15.9. The minimum atomic E-state index is -0.560. The quantitative estimate of drug-likeness (QED) is 0.377. The lowest BCUT2D eigenvalue weighted by molar-refractivity contribution is -0.152. The van der Waals surface area contributed by atoms with Gasteiger partial charge in [0.15, 0.2) is 0 Å². The fourth-order valence-corrected chi connectivity index (χ4v) is 1.86. The third-order valence-corrected chi connectivity index (χ3v) is 3.20. The average molecular weight is 373 g/mol. The minimum absolute atomic E-state index is 0.253. The molecule has 0 aliphatic rings. The number of carbonyl (C=O) groups is 2. The summed E-state index contributed by atoms with van der Waals surface area (Å²) in [5, 5.41) is 0. The zero-order valence-electron chi connectivity index (χ0n) is 12.8. The van der Waals surface area contributed by atoms with Crippen molar-refractivity contribution in [3.05, 3.63) is 28.7 Å². The molecule has 0 unspecified atom stereocenters. The maximum Gasteiger partial charge on any atom is 0.337 e. The van der Waals surface area contributed by atoms with Gasteiger partial charge in [0.1, 0.15) is 19.0 Å². The molecule has 0 spiro atoms. The second kappa shape index (κ2) is 10.3. The maximum atomic E-state index is 11.5. The van der Waals surface area contributed by atoms with Crippen LogP contribution in [-0.2, 0) is 19.1 Å². The van der Waals surface area contributed by atoms with Crippen LogP contribution in [0.5, 0.6) is 5.75 Å². The van der Waals surface area contributed by atoms with Crippen LogP contribution >= 0.6 is 15.9 Å². The Morgan fingerprint density at radius 1 is 1.09 bits per heavy atom. The molecule has 0 atom stereocenters. The Labute approximate surface area is 139 Å². The number of rotatable bonds is 9. The molecule has 0 saturated heterocycles. The van der Waals surface area contributed by atoms with Gasteiger partial charge in [0, 0.05) is 4.47 Å². The molecule has 0 heterocycles. The van der Waals surface area contributed by atoms with E-state index >= 15 is 0 Å². The zero-order chi connectivity index (χ0) is 16.4. The van der Waals surface area contributed by atoms with Crippen molar-refractivity contribution in [3.8, 4) is 5.75 Å². The lowest BCUT2D eigenvalue weighted by atomic mass is 10.1. The van der Waals surface area contributed by atoms with Crippen LogP contribution < -0.4 is 4.74 Å². The normalized spacial score (nSPS) is 10.5. The van der Waals surface area contributed by atoms with Gasteiger partial charge in [-0.25, -0.2) is 9.59 Å². The van der Waals surface area contributed by atoms with E-state index in [1.807, 2.05) is 0 Å². The fraction of sp³-hybridized carbons (Fsp3) is 0.500. The number of esters is 2. The highest BCUT2D eigenvalue weighted by Gasteiger charge is 2.08. The Hall–Kier alpha value is -1.40. The topological polar surface area (TPSA) is 61.8 Å². The van der Waals surface area contributed by atoms with Crippen molar-refractivity contribution in [1.29, 1.82) is 0 Å². The molecule has 0 radical (unpaired) electrons. The molecule has 1 rings (SSSR count). The van der Waals surface area contributed by atoms with Crippen LogP contribution in [0, 0.1) is 5.92 Å². The van der Waals surface area contributed by atoms with Crippen LogP contribution in [0.2, 0.25) is 0 Å². The highest BCUT2D eigenvalue weighted by atomic mass is 79.9. The maximum absolute atomic E-state index is 11.5. The smallest absolute Gasteiger partial charge is 0.337 e. The molecule has 0 aromatic heterocycles. The summed E-state index contributed by atoms with van der Waals surface area (Å²) in [5.41, 5.74) is 0. The molecule has 0 N–H and O–H groups in total. The molecule has 0 bridgehead atoms. The molecular formula is C16H21BrO5. The van der Waals surface area contributed by atoms with Gasteiger partial charge >= 0.3 is 11.9 Å². The standard InChI is InChI=1S/C16H21BrO5/c1-12(2)4-3-9-21-15(18)10-20-11-16(19)22-14-7-5-13(17)6-8-14/h5-8,12H,3-4,9-11H2,1-2H3. The Kier molecular flexibility index (Phi) is 8.77. The Bertz CT molecular complexity index is 470. The molecule has 122 valence electrons. The molecule has 5 nitrogen and oxygen atoms in total. The van der Waals surface area contributed by atoms with E-state index in [1.165, 1.54) is 0 Å². The van der Waals surface area contributed by atoms with Gasteiger partial charge < -0.3 is 14.2 Å². The number of hydrogen-bond acceptors (Lipinski definition) is 5. The van der Waals surface area contributed by atoms with E-state index in [2.05, 4.69) is 29.8 Å². The molecular weight excluding hydrogens is 352 g/mol. The third kappa shape index (κ3) is 8.79. The molecule has 6 heteroatoms. The lowest BCUT2D eigenvalue weighted by Gasteiger charge is -2.07. The van der Waals surface area contributed by atoms with Gasteiger partial charge in [-0.1, -0.05) is 29.8 Å². The number of benzene rings is 1. The molecule has 0 fully saturated rings. The predicted octanol–water partition coefficient (Wildman–Crippen LogP) is 3.35. The second-order valence-corrected chi connectivity index (χ2v) is 6.09. The van der Waals surface area contributed by atoms with Crippen LogP contribution in [0.3, 0.4) is 0 Å². The first-order chi connectivity index (χ1) is 10.5. The van der Waals surface area contributed by atoms with Gasteiger partial charge in [0.25, 0.3) is 0 Å². The van der Waals surface area contributed by atoms with E-state index in [4.69, 9.17) is 14.2 Å². The molecule has 22 heavy (non-hydrogen) atoms. The van der Waals surface area contributed by atoms with Crippen molar-refractivity contribution in [2.75, 3.05) is 19.8 Å². The molecule has 0 amide bonds. The van der Waals surface area contributed by atoms with Crippen LogP contribution in [0.4, 0.5) is 0 Å². The van der Waals surface area contributed by atoms with E-state index in [0.717, 1.165) is 17.3 Å². The third-order valence-electron chi connectivity index (χ3n) is 2.67. The monoisotopic (exact) mass is 372 g/mol. The molecule has 0 saturated carbocycles. The number of ether oxygens (including phenoxy) is 3. The molecule has 0 aliphatic heterocycles. The van der Waals surface area contributed by atoms with Gasteiger partial charge in [-0.3, -0.25) is 0 Å². The SMILES string of the molecule is CC(C)CCCOC(=O)COCC(=O)Oc1ccc(Br)cc1. The lowest BCUT2D eigenvalue weighted by Crippen LogP contribution is -2.20. The first-order valence-electron chi connectivity index (χ1n) is 7.17. The van der Waals surface area contributed by atoms with E-state index in [9.17, 15) is 9.59 Å². The van der Waals surface area contributed by atoms with Crippen molar-refractivity contribution in [2.45, 2.75) is 26.7 Å². The second-order valence-electron chi connectivity index (χ2n) is 5.18. The summed E-state index contributed by atoms with van der Waals surface area (Å²) in [4.78, 5) is 22.9. The van der Waals surface area contributed by atoms with Crippen molar-refractivity contribution >= 4 is 27.9 Å². The summed E-state index contributed by atoms with van der Waals surface area (Å²) in [5.74, 6) is -0.0217.